The van der Waals surface area contributed by atoms with Gasteiger partial charge < -0.3 is 14.7 Å². The maximum atomic E-state index is 10.3. The minimum atomic E-state index is -0.455. The molecule has 3 nitrogen and oxygen atoms in total. The first-order valence-corrected chi connectivity index (χ1v) is 8.36. The zero-order chi connectivity index (χ0) is 16.1. The molecular formula is C20H25NO2. The molecule has 0 radical (unpaired) electrons. The lowest BCUT2D eigenvalue weighted by atomic mass is 9.99. The minimum Gasteiger partial charge on any atom is -0.491 e. The first kappa shape index (κ1) is 16.0. The van der Waals surface area contributed by atoms with E-state index in [1.807, 2.05) is 31.2 Å². The molecule has 2 aromatic rings. The molecule has 0 saturated carbocycles. The van der Waals surface area contributed by atoms with E-state index in [1.165, 1.54) is 5.56 Å². The van der Waals surface area contributed by atoms with Crippen molar-refractivity contribution in [2.24, 2.45) is 0 Å². The van der Waals surface area contributed by atoms with Gasteiger partial charge in [-0.25, -0.2) is 0 Å². The Labute approximate surface area is 138 Å². The smallest absolute Gasteiger partial charge is 0.122 e. The molecule has 0 aliphatic carbocycles. The van der Waals surface area contributed by atoms with Crippen molar-refractivity contribution in [3.8, 4) is 5.75 Å². The largest absolute Gasteiger partial charge is 0.491 e. The van der Waals surface area contributed by atoms with Gasteiger partial charge in [0.15, 0.2) is 0 Å². The Hall–Kier alpha value is -1.84. The third kappa shape index (κ3) is 4.34. The number of rotatable bonds is 6. The van der Waals surface area contributed by atoms with E-state index >= 15 is 0 Å². The molecular weight excluding hydrogens is 286 g/mol. The molecule has 2 atom stereocenters. The molecule has 0 amide bonds. The number of para-hydroxylation sites is 1. The van der Waals surface area contributed by atoms with Crippen LogP contribution in [0.4, 0.5) is 0 Å². The van der Waals surface area contributed by atoms with E-state index in [9.17, 15) is 5.11 Å². The topological polar surface area (TPSA) is 32.7 Å². The fourth-order valence-corrected chi connectivity index (χ4v) is 3.25. The zero-order valence-corrected chi connectivity index (χ0v) is 13.7. The zero-order valence-electron chi connectivity index (χ0n) is 13.7. The number of aliphatic hydroxyl groups excluding tert-OH is 1. The summed E-state index contributed by atoms with van der Waals surface area (Å²) in [5.74, 6) is 1.44. The second kappa shape index (κ2) is 7.62. The Balaban J connectivity index is 1.46. The van der Waals surface area contributed by atoms with Gasteiger partial charge in [0.2, 0.25) is 0 Å². The molecule has 0 spiro atoms. The molecule has 1 aliphatic rings. The summed E-state index contributed by atoms with van der Waals surface area (Å²) in [5.41, 5.74) is 2.51. The van der Waals surface area contributed by atoms with Gasteiger partial charge >= 0.3 is 0 Å². The minimum absolute atomic E-state index is 0.345. The summed E-state index contributed by atoms with van der Waals surface area (Å²) in [6.07, 6.45) is 0.708. The number of aliphatic hydroxyl groups is 1. The number of hydrogen-bond donors (Lipinski definition) is 1. The Morgan fingerprint density at radius 2 is 1.87 bits per heavy atom. The van der Waals surface area contributed by atoms with Crippen molar-refractivity contribution in [1.29, 1.82) is 0 Å². The van der Waals surface area contributed by atoms with Crippen LogP contribution in [-0.2, 0) is 0 Å². The highest BCUT2D eigenvalue weighted by atomic mass is 16.5. The highest BCUT2D eigenvalue weighted by molar-refractivity contribution is 5.31. The van der Waals surface area contributed by atoms with E-state index < -0.39 is 6.10 Å². The quantitative estimate of drug-likeness (QED) is 0.889. The second-order valence-electron chi connectivity index (χ2n) is 6.39. The van der Waals surface area contributed by atoms with Crippen LogP contribution < -0.4 is 4.74 Å². The first-order chi connectivity index (χ1) is 11.2. The third-order valence-electron chi connectivity index (χ3n) is 4.54. The number of likely N-dealkylation sites (tertiary alicyclic amines) is 1. The van der Waals surface area contributed by atoms with Crippen molar-refractivity contribution >= 4 is 0 Å². The lowest BCUT2D eigenvalue weighted by molar-refractivity contribution is 0.0752. The van der Waals surface area contributed by atoms with Gasteiger partial charge in [-0.3, -0.25) is 0 Å². The molecule has 2 aromatic carbocycles. The second-order valence-corrected chi connectivity index (χ2v) is 6.39. The van der Waals surface area contributed by atoms with Gasteiger partial charge in [0, 0.05) is 13.1 Å². The van der Waals surface area contributed by atoms with Gasteiger partial charge in [-0.2, -0.15) is 0 Å². The van der Waals surface area contributed by atoms with Gasteiger partial charge in [-0.1, -0.05) is 48.5 Å². The molecule has 0 bridgehead atoms. The van der Waals surface area contributed by atoms with Crippen LogP contribution in [0.1, 0.15) is 23.5 Å². The van der Waals surface area contributed by atoms with Crippen LogP contribution in [0, 0.1) is 6.92 Å². The Morgan fingerprint density at radius 3 is 2.65 bits per heavy atom. The molecule has 122 valence electrons. The SMILES string of the molecule is Cc1ccccc1OCC(O)CN1CCC(c2ccccc2)C1. The number of nitrogens with zero attached hydrogens (tertiary/aromatic N) is 1. The highest BCUT2D eigenvalue weighted by Gasteiger charge is 2.25. The monoisotopic (exact) mass is 311 g/mol. The maximum absolute atomic E-state index is 10.3. The van der Waals surface area contributed by atoms with Crippen molar-refractivity contribution < 1.29 is 9.84 Å². The molecule has 2 unspecified atom stereocenters. The summed E-state index contributed by atoms with van der Waals surface area (Å²) in [5, 5.41) is 10.3. The molecule has 1 heterocycles. The number of aryl methyl sites for hydroxylation is 1. The molecule has 3 rings (SSSR count). The summed E-state index contributed by atoms with van der Waals surface area (Å²) >= 11 is 0. The number of benzene rings is 2. The van der Waals surface area contributed by atoms with Crippen LogP contribution in [0.15, 0.2) is 54.6 Å². The van der Waals surface area contributed by atoms with E-state index in [1.54, 1.807) is 0 Å². The number of β-amino-alcohol motifs (C(OH)–C–C–N with tert-alkyl or cyclic N) is 1. The Bertz CT molecular complexity index is 614. The van der Waals surface area contributed by atoms with Crippen molar-refractivity contribution in [3.63, 3.8) is 0 Å². The van der Waals surface area contributed by atoms with Gasteiger partial charge in [0.05, 0.1) is 0 Å². The predicted molar refractivity (Wildman–Crippen MR) is 92.9 cm³/mol. The molecule has 1 saturated heterocycles. The van der Waals surface area contributed by atoms with Gasteiger partial charge in [-0.15, -0.1) is 0 Å². The Morgan fingerprint density at radius 1 is 1.13 bits per heavy atom. The molecule has 0 aromatic heterocycles. The first-order valence-electron chi connectivity index (χ1n) is 8.36. The van der Waals surface area contributed by atoms with Gasteiger partial charge in [0.25, 0.3) is 0 Å². The van der Waals surface area contributed by atoms with Crippen LogP contribution in [-0.4, -0.2) is 42.4 Å². The molecule has 23 heavy (non-hydrogen) atoms. The average Bonchev–Trinajstić information content (AvgIpc) is 3.03. The van der Waals surface area contributed by atoms with E-state index in [0.717, 1.165) is 30.8 Å². The third-order valence-corrected chi connectivity index (χ3v) is 4.54. The number of ether oxygens (including phenoxy) is 1. The molecule has 1 aliphatic heterocycles. The van der Waals surface area contributed by atoms with E-state index in [2.05, 4.69) is 35.2 Å². The average molecular weight is 311 g/mol. The summed E-state index contributed by atoms with van der Waals surface area (Å²) < 4.78 is 5.74. The maximum Gasteiger partial charge on any atom is 0.122 e. The van der Waals surface area contributed by atoms with Crippen molar-refractivity contribution in [2.75, 3.05) is 26.2 Å². The van der Waals surface area contributed by atoms with E-state index in [0.29, 0.717) is 19.1 Å². The summed E-state index contributed by atoms with van der Waals surface area (Å²) in [4.78, 5) is 2.34. The number of hydrogen-bond acceptors (Lipinski definition) is 3. The van der Waals surface area contributed by atoms with E-state index in [4.69, 9.17) is 4.74 Å². The van der Waals surface area contributed by atoms with Crippen LogP contribution in [0.2, 0.25) is 0 Å². The predicted octanol–water partition coefficient (Wildman–Crippen LogP) is 3.22. The van der Waals surface area contributed by atoms with Crippen LogP contribution in [0.25, 0.3) is 0 Å². The summed E-state index contributed by atoms with van der Waals surface area (Å²) in [6.45, 7) is 5.10. The fraction of sp³-hybridized carbons (Fsp3) is 0.400. The Kier molecular flexibility index (Phi) is 5.31. The molecule has 1 N–H and O–H groups in total. The van der Waals surface area contributed by atoms with Crippen molar-refractivity contribution in [3.05, 3.63) is 65.7 Å². The van der Waals surface area contributed by atoms with E-state index in [-0.39, 0.29) is 0 Å². The fourth-order valence-electron chi connectivity index (χ4n) is 3.25. The van der Waals surface area contributed by atoms with Gasteiger partial charge in [0.1, 0.15) is 18.5 Å². The van der Waals surface area contributed by atoms with Crippen molar-refractivity contribution in [1.82, 2.24) is 4.90 Å². The molecule has 3 heteroatoms. The molecule has 1 fully saturated rings. The summed E-state index contributed by atoms with van der Waals surface area (Å²) in [6, 6.07) is 18.6. The summed E-state index contributed by atoms with van der Waals surface area (Å²) in [7, 11) is 0. The van der Waals surface area contributed by atoms with Crippen LogP contribution in [0.5, 0.6) is 5.75 Å². The normalized spacial score (nSPS) is 19.7. The van der Waals surface area contributed by atoms with Crippen molar-refractivity contribution in [2.45, 2.75) is 25.4 Å². The van der Waals surface area contributed by atoms with Crippen LogP contribution >= 0.6 is 0 Å². The highest BCUT2D eigenvalue weighted by Crippen LogP contribution is 2.27. The van der Waals surface area contributed by atoms with Gasteiger partial charge in [-0.05, 0) is 43.0 Å². The lowest BCUT2D eigenvalue weighted by Crippen LogP contribution is -2.34. The lowest BCUT2D eigenvalue weighted by Gasteiger charge is -2.21. The van der Waals surface area contributed by atoms with Crippen LogP contribution in [0.3, 0.4) is 0 Å². The standard InChI is InChI=1S/C20H25NO2/c1-16-7-5-6-10-20(16)23-15-19(22)14-21-12-11-18(13-21)17-8-3-2-4-9-17/h2-10,18-19,22H,11-15H2,1H3.